The lowest BCUT2D eigenvalue weighted by molar-refractivity contribution is 0.700. The Balaban J connectivity index is 1.51. The highest BCUT2D eigenvalue weighted by atomic mass is 32.1. The Bertz CT molecular complexity index is 548. The molecule has 3 rings (SSSR count). The van der Waals surface area contributed by atoms with E-state index in [0.717, 1.165) is 13.1 Å². The van der Waals surface area contributed by atoms with Crippen LogP contribution in [0.1, 0.15) is 27.3 Å². The molecule has 0 unspecified atom stereocenters. The average Bonchev–Trinajstić information content (AvgIpc) is 3.00. The second kappa shape index (κ2) is 5.98. The average molecular weight is 286 g/mol. The number of aryl methyl sites for hydroxylation is 2. The number of thiophene rings is 1. The van der Waals surface area contributed by atoms with Gasteiger partial charge in [-0.25, -0.2) is 0 Å². The molecule has 1 aliphatic rings. The van der Waals surface area contributed by atoms with Crippen molar-refractivity contribution in [2.75, 3.05) is 19.0 Å². The van der Waals surface area contributed by atoms with Gasteiger partial charge in [-0.15, -0.1) is 11.3 Å². The van der Waals surface area contributed by atoms with Crippen LogP contribution in [-0.4, -0.2) is 14.1 Å². The molecule has 1 aromatic heterocycles. The summed E-state index contributed by atoms with van der Waals surface area (Å²) < 4.78 is 0. The fraction of sp³-hybridized carbons (Fsp3) is 0.412. The van der Waals surface area contributed by atoms with Crippen LogP contribution in [0.4, 0.5) is 5.69 Å². The molecule has 1 N–H and O–H groups in total. The summed E-state index contributed by atoms with van der Waals surface area (Å²) in [5, 5.41) is 3.55. The lowest BCUT2D eigenvalue weighted by atomic mass is 10.2. The topological polar surface area (TPSA) is 15.3 Å². The van der Waals surface area contributed by atoms with Gasteiger partial charge < -0.3 is 10.2 Å². The van der Waals surface area contributed by atoms with Gasteiger partial charge in [0.15, 0.2) is 0 Å². The molecule has 0 atom stereocenters. The van der Waals surface area contributed by atoms with Crippen LogP contribution in [0.2, 0.25) is 0 Å². The molecule has 0 saturated carbocycles. The second-order valence-corrected chi connectivity index (χ2v) is 6.90. The molecule has 3 heteroatoms. The highest BCUT2D eigenvalue weighted by molar-refractivity contribution is 7.12. The van der Waals surface area contributed by atoms with Crippen LogP contribution in [-0.2, 0) is 25.9 Å². The van der Waals surface area contributed by atoms with Crippen LogP contribution in [0.3, 0.4) is 0 Å². The van der Waals surface area contributed by atoms with E-state index < -0.39 is 0 Å². The summed E-state index contributed by atoms with van der Waals surface area (Å²) in [6, 6.07) is 11.2. The molecule has 20 heavy (non-hydrogen) atoms. The van der Waals surface area contributed by atoms with Crippen molar-refractivity contribution in [3.05, 3.63) is 51.2 Å². The molecule has 106 valence electrons. The van der Waals surface area contributed by atoms with Crippen molar-refractivity contribution in [1.82, 2.24) is 5.32 Å². The fourth-order valence-electron chi connectivity index (χ4n) is 2.72. The Morgan fingerprint density at radius 3 is 2.60 bits per heavy atom. The second-order valence-electron chi connectivity index (χ2n) is 5.68. The summed E-state index contributed by atoms with van der Waals surface area (Å²) in [6.07, 6.45) is 3.94. The lowest BCUT2D eigenvalue weighted by Gasteiger charge is -2.12. The van der Waals surface area contributed by atoms with Crippen molar-refractivity contribution in [2.45, 2.75) is 32.4 Å². The summed E-state index contributed by atoms with van der Waals surface area (Å²) in [6.45, 7) is 1.93. The number of anilines is 1. The molecule has 1 aliphatic carbocycles. The summed E-state index contributed by atoms with van der Waals surface area (Å²) in [7, 11) is 4.15. The number of nitrogens with one attached hydrogen (secondary N) is 1. The molecular formula is C17H22N2S. The van der Waals surface area contributed by atoms with Gasteiger partial charge in [0.2, 0.25) is 0 Å². The van der Waals surface area contributed by atoms with Crippen LogP contribution >= 0.6 is 11.3 Å². The number of fused-ring (bicyclic) bond motifs is 1. The van der Waals surface area contributed by atoms with Crippen LogP contribution < -0.4 is 10.2 Å². The Labute approximate surface area is 125 Å². The number of rotatable bonds is 5. The first-order chi connectivity index (χ1) is 9.72. The van der Waals surface area contributed by atoms with Crippen molar-refractivity contribution in [3.8, 4) is 0 Å². The molecule has 0 radical (unpaired) electrons. The maximum absolute atomic E-state index is 3.55. The predicted molar refractivity (Wildman–Crippen MR) is 87.7 cm³/mol. The highest BCUT2D eigenvalue weighted by Crippen LogP contribution is 2.30. The Kier molecular flexibility index (Phi) is 4.08. The maximum atomic E-state index is 3.55. The number of benzene rings is 1. The van der Waals surface area contributed by atoms with E-state index >= 15 is 0 Å². The summed E-state index contributed by atoms with van der Waals surface area (Å²) in [4.78, 5) is 5.24. The smallest absolute Gasteiger partial charge is 0.0361 e. The molecule has 0 aliphatic heterocycles. The minimum absolute atomic E-state index is 0.941. The first-order valence-corrected chi connectivity index (χ1v) is 8.11. The van der Waals surface area contributed by atoms with Gasteiger partial charge in [0.1, 0.15) is 0 Å². The molecule has 1 aromatic carbocycles. The summed E-state index contributed by atoms with van der Waals surface area (Å²) >= 11 is 1.99. The van der Waals surface area contributed by atoms with Gasteiger partial charge in [-0.1, -0.05) is 12.1 Å². The van der Waals surface area contributed by atoms with Crippen molar-refractivity contribution >= 4 is 17.0 Å². The van der Waals surface area contributed by atoms with E-state index in [1.807, 2.05) is 11.3 Å². The van der Waals surface area contributed by atoms with E-state index in [2.05, 4.69) is 54.6 Å². The fourth-order valence-corrected chi connectivity index (χ4v) is 3.95. The van der Waals surface area contributed by atoms with Crippen molar-refractivity contribution in [3.63, 3.8) is 0 Å². The zero-order valence-corrected chi connectivity index (χ0v) is 13.1. The first-order valence-electron chi connectivity index (χ1n) is 7.30. The van der Waals surface area contributed by atoms with Crippen LogP contribution in [0.25, 0.3) is 0 Å². The highest BCUT2D eigenvalue weighted by Gasteiger charge is 2.14. The van der Waals surface area contributed by atoms with Crippen LogP contribution in [0.5, 0.6) is 0 Å². The zero-order chi connectivity index (χ0) is 13.9. The van der Waals surface area contributed by atoms with Gasteiger partial charge in [-0.2, -0.15) is 0 Å². The van der Waals surface area contributed by atoms with Gasteiger partial charge in [0.25, 0.3) is 0 Å². The molecule has 0 amide bonds. The maximum Gasteiger partial charge on any atom is 0.0361 e. The third-order valence-corrected chi connectivity index (χ3v) is 5.12. The lowest BCUT2D eigenvalue weighted by Crippen LogP contribution is -2.12. The largest absolute Gasteiger partial charge is 0.378 e. The van der Waals surface area contributed by atoms with Crippen molar-refractivity contribution < 1.29 is 0 Å². The third kappa shape index (κ3) is 3.05. The van der Waals surface area contributed by atoms with Gasteiger partial charge >= 0.3 is 0 Å². The quantitative estimate of drug-likeness (QED) is 0.903. The molecule has 0 spiro atoms. The molecule has 0 saturated heterocycles. The minimum atomic E-state index is 0.941. The van der Waals surface area contributed by atoms with Gasteiger partial charge in [0.05, 0.1) is 0 Å². The standard InChI is InChI=1S/C17H22N2S/c1-19(2)15-8-6-13(7-9-15)11-18-12-16-10-14-4-3-5-17(14)20-16/h6-10,18H,3-5,11-12H2,1-2H3. The number of hydrogen-bond acceptors (Lipinski definition) is 3. The van der Waals surface area contributed by atoms with E-state index in [1.165, 1.54) is 35.4 Å². The normalized spacial score (nSPS) is 13.5. The Morgan fingerprint density at radius 1 is 1.10 bits per heavy atom. The monoisotopic (exact) mass is 286 g/mol. The van der Waals surface area contributed by atoms with E-state index in [-0.39, 0.29) is 0 Å². The van der Waals surface area contributed by atoms with Gasteiger partial charge in [0, 0.05) is 42.6 Å². The number of hydrogen-bond donors (Lipinski definition) is 1. The van der Waals surface area contributed by atoms with Crippen LogP contribution in [0, 0.1) is 0 Å². The van der Waals surface area contributed by atoms with E-state index in [1.54, 1.807) is 10.4 Å². The Hall–Kier alpha value is -1.32. The first kappa shape index (κ1) is 13.7. The molecule has 1 heterocycles. The number of nitrogens with zero attached hydrogens (tertiary/aromatic N) is 1. The van der Waals surface area contributed by atoms with E-state index in [0.29, 0.717) is 0 Å². The third-order valence-electron chi connectivity index (χ3n) is 3.88. The van der Waals surface area contributed by atoms with E-state index in [4.69, 9.17) is 0 Å². The molecule has 2 aromatic rings. The van der Waals surface area contributed by atoms with Gasteiger partial charge in [-0.3, -0.25) is 0 Å². The SMILES string of the molecule is CN(C)c1ccc(CNCc2cc3c(s2)CCC3)cc1. The molecule has 0 bridgehead atoms. The van der Waals surface area contributed by atoms with Crippen molar-refractivity contribution in [2.24, 2.45) is 0 Å². The zero-order valence-electron chi connectivity index (χ0n) is 12.3. The van der Waals surface area contributed by atoms with E-state index in [9.17, 15) is 0 Å². The summed E-state index contributed by atoms with van der Waals surface area (Å²) in [5.41, 5.74) is 4.20. The van der Waals surface area contributed by atoms with Gasteiger partial charge in [-0.05, 0) is 48.6 Å². The molecule has 2 nitrogen and oxygen atoms in total. The summed E-state index contributed by atoms with van der Waals surface area (Å²) in [5.74, 6) is 0. The van der Waals surface area contributed by atoms with Crippen LogP contribution in [0.15, 0.2) is 30.3 Å². The Morgan fingerprint density at radius 2 is 1.90 bits per heavy atom. The van der Waals surface area contributed by atoms with Crippen molar-refractivity contribution in [1.29, 1.82) is 0 Å². The minimum Gasteiger partial charge on any atom is -0.378 e. The molecular weight excluding hydrogens is 264 g/mol. The molecule has 0 fully saturated rings. The predicted octanol–water partition coefficient (Wildman–Crippen LogP) is 3.59.